The normalized spacial score (nSPS) is 18.8. The Morgan fingerprint density at radius 3 is 2.63 bits per heavy atom. The Morgan fingerprint density at radius 2 is 2.00 bits per heavy atom. The number of hydrogen-bond acceptors (Lipinski definition) is 2. The Labute approximate surface area is 121 Å². The molecular formula is C13H13Cl2N3O. The highest BCUT2D eigenvalue weighted by atomic mass is 35.5. The Bertz CT molecular complexity index is 507. The number of piperidine rings is 1. The molecule has 4 nitrogen and oxygen atoms in total. The van der Waals surface area contributed by atoms with Crippen LogP contribution < -0.4 is 5.32 Å². The van der Waals surface area contributed by atoms with Gasteiger partial charge in [-0.1, -0.05) is 23.2 Å². The van der Waals surface area contributed by atoms with Crippen molar-refractivity contribution in [2.24, 2.45) is 0 Å². The highest BCUT2D eigenvalue weighted by molar-refractivity contribution is 6.35. The maximum absolute atomic E-state index is 12.1. The van der Waals surface area contributed by atoms with E-state index in [0.29, 0.717) is 22.3 Å². The van der Waals surface area contributed by atoms with Crippen molar-refractivity contribution in [3.05, 3.63) is 28.2 Å². The van der Waals surface area contributed by atoms with Gasteiger partial charge in [0, 0.05) is 22.3 Å². The fourth-order valence-electron chi connectivity index (χ4n) is 2.13. The SMILES string of the molecule is N#CC1CCCCN1C(=O)Nc1cc(Cl)cc(Cl)c1. The van der Waals surface area contributed by atoms with E-state index in [4.69, 9.17) is 28.5 Å². The van der Waals surface area contributed by atoms with Crippen molar-refractivity contribution in [1.29, 1.82) is 5.26 Å². The van der Waals surface area contributed by atoms with Crippen molar-refractivity contribution < 1.29 is 4.79 Å². The predicted molar refractivity (Wildman–Crippen MR) is 75.4 cm³/mol. The number of halogens is 2. The lowest BCUT2D eigenvalue weighted by Crippen LogP contribution is -2.45. The van der Waals surface area contributed by atoms with Crippen LogP contribution in [0, 0.1) is 11.3 Å². The highest BCUT2D eigenvalue weighted by Gasteiger charge is 2.26. The molecule has 1 atom stereocenters. The predicted octanol–water partition coefficient (Wildman–Crippen LogP) is 3.90. The largest absolute Gasteiger partial charge is 0.322 e. The summed E-state index contributed by atoms with van der Waals surface area (Å²) in [5.41, 5.74) is 0.532. The summed E-state index contributed by atoms with van der Waals surface area (Å²) in [7, 11) is 0. The first kappa shape index (κ1) is 14.0. The number of benzene rings is 1. The molecule has 1 aromatic carbocycles. The summed E-state index contributed by atoms with van der Waals surface area (Å²) in [5.74, 6) is 0. The van der Waals surface area contributed by atoms with Crippen molar-refractivity contribution >= 4 is 34.9 Å². The number of carbonyl (C=O) groups is 1. The summed E-state index contributed by atoms with van der Waals surface area (Å²) >= 11 is 11.7. The molecule has 6 heteroatoms. The summed E-state index contributed by atoms with van der Waals surface area (Å²) in [4.78, 5) is 13.7. The maximum Gasteiger partial charge on any atom is 0.322 e. The first-order chi connectivity index (χ1) is 9.10. The third-order valence-corrected chi connectivity index (χ3v) is 3.46. The van der Waals surface area contributed by atoms with Gasteiger partial charge in [0.25, 0.3) is 0 Å². The van der Waals surface area contributed by atoms with Gasteiger partial charge >= 0.3 is 6.03 Å². The number of nitriles is 1. The first-order valence-corrected chi connectivity index (χ1v) is 6.79. The summed E-state index contributed by atoms with van der Waals surface area (Å²) in [5, 5.41) is 12.7. The van der Waals surface area contributed by atoms with Gasteiger partial charge in [0.05, 0.1) is 6.07 Å². The van der Waals surface area contributed by atoms with Crippen molar-refractivity contribution in [1.82, 2.24) is 4.90 Å². The van der Waals surface area contributed by atoms with Crippen LogP contribution in [0.5, 0.6) is 0 Å². The molecule has 1 heterocycles. The van der Waals surface area contributed by atoms with E-state index in [9.17, 15) is 4.79 Å². The molecule has 0 aromatic heterocycles. The molecule has 100 valence electrons. The molecule has 1 aromatic rings. The van der Waals surface area contributed by atoms with Gasteiger partial charge in [0.2, 0.25) is 0 Å². The minimum absolute atomic E-state index is 0.287. The van der Waals surface area contributed by atoms with Crippen LogP contribution in [-0.2, 0) is 0 Å². The quantitative estimate of drug-likeness (QED) is 0.854. The van der Waals surface area contributed by atoms with Crippen LogP contribution in [0.3, 0.4) is 0 Å². The fraction of sp³-hybridized carbons (Fsp3) is 0.385. The minimum atomic E-state index is -0.358. The molecule has 0 aliphatic carbocycles. The van der Waals surface area contributed by atoms with E-state index in [1.807, 2.05) is 0 Å². The number of amides is 2. The third-order valence-electron chi connectivity index (χ3n) is 3.03. The lowest BCUT2D eigenvalue weighted by atomic mass is 10.0. The average molecular weight is 298 g/mol. The molecule has 1 saturated heterocycles. The van der Waals surface area contributed by atoms with Crippen LogP contribution >= 0.6 is 23.2 Å². The van der Waals surface area contributed by atoms with Gasteiger partial charge in [-0.15, -0.1) is 0 Å². The van der Waals surface area contributed by atoms with Crippen LogP contribution in [0.2, 0.25) is 10.0 Å². The first-order valence-electron chi connectivity index (χ1n) is 6.03. The summed E-state index contributed by atoms with van der Waals surface area (Å²) in [6.07, 6.45) is 2.62. The van der Waals surface area contributed by atoms with Gasteiger partial charge in [0.15, 0.2) is 0 Å². The number of nitrogens with zero attached hydrogens (tertiary/aromatic N) is 2. The Hall–Kier alpha value is -1.44. The number of likely N-dealkylation sites (tertiary alicyclic amines) is 1. The second-order valence-electron chi connectivity index (χ2n) is 4.42. The van der Waals surface area contributed by atoms with E-state index in [-0.39, 0.29) is 12.1 Å². The second-order valence-corrected chi connectivity index (χ2v) is 5.30. The zero-order valence-corrected chi connectivity index (χ0v) is 11.7. The van der Waals surface area contributed by atoms with Gasteiger partial charge in [0.1, 0.15) is 6.04 Å². The average Bonchev–Trinajstić information content (AvgIpc) is 2.37. The molecule has 0 saturated carbocycles. The lowest BCUT2D eigenvalue weighted by molar-refractivity contribution is 0.182. The third kappa shape index (κ3) is 3.52. The molecule has 0 bridgehead atoms. The standard InChI is InChI=1S/C13H13Cl2N3O/c14-9-5-10(15)7-11(6-9)17-13(19)18-4-2-1-3-12(18)8-16/h5-7,12H,1-4H2,(H,17,19). The molecule has 0 spiro atoms. The topological polar surface area (TPSA) is 56.1 Å². The molecule has 1 unspecified atom stereocenters. The molecule has 2 rings (SSSR count). The number of hydrogen-bond donors (Lipinski definition) is 1. The zero-order chi connectivity index (χ0) is 13.8. The van der Waals surface area contributed by atoms with Crippen LogP contribution in [0.4, 0.5) is 10.5 Å². The lowest BCUT2D eigenvalue weighted by Gasteiger charge is -2.31. The van der Waals surface area contributed by atoms with E-state index in [1.165, 1.54) is 0 Å². The van der Waals surface area contributed by atoms with Gasteiger partial charge in [-0.3, -0.25) is 0 Å². The van der Waals surface area contributed by atoms with Crippen LogP contribution in [-0.4, -0.2) is 23.5 Å². The Morgan fingerprint density at radius 1 is 1.32 bits per heavy atom. The van der Waals surface area contributed by atoms with E-state index < -0.39 is 0 Å². The van der Waals surface area contributed by atoms with Crippen LogP contribution in [0.15, 0.2) is 18.2 Å². The van der Waals surface area contributed by atoms with Crippen LogP contribution in [0.1, 0.15) is 19.3 Å². The molecule has 19 heavy (non-hydrogen) atoms. The second kappa shape index (κ2) is 6.14. The molecule has 2 amide bonds. The summed E-state index contributed by atoms with van der Waals surface area (Å²) < 4.78 is 0. The smallest absolute Gasteiger partial charge is 0.309 e. The van der Waals surface area contributed by atoms with E-state index in [2.05, 4.69) is 11.4 Å². The molecule has 0 radical (unpaired) electrons. The molecular weight excluding hydrogens is 285 g/mol. The Kier molecular flexibility index (Phi) is 4.52. The number of urea groups is 1. The minimum Gasteiger partial charge on any atom is -0.309 e. The van der Waals surface area contributed by atoms with Gasteiger partial charge < -0.3 is 10.2 Å². The number of nitrogens with one attached hydrogen (secondary N) is 1. The monoisotopic (exact) mass is 297 g/mol. The van der Waals surface area contributed by atoms with Crippen LogP contribution in [0.25, 0.3) is 0 Å². The molecule has 1 fully saturated rings. The number of anilines is 1. The summed E-state index contributed by atoms with van der Waals surface area (Å²) in [6.45, 7) is 0.596. The van der Waals surface area contributed by atoms with Crippen molar-refractivity contribution in [2.75, 3.05) is 11.9 Å². The van der Waals surface area contributed by atoms with E-state index in [1.54, 1.807) is 23.1 Å². The fourth-order valence-corrected chi connectivity index (χ4v) is 2.66. The van der Waals surface area contributed by atoms with Crippen molar-refractivity contribution in [3.8, 4) is 6.07 Å². The number of carbonyl (C=O) groups excluding carboxylic acids is 1. The van der Waals surface area contributed by atoms with Gasteiger partial charge in [-0.25, -0.2) is 4.79 Å². The highest BCUT2D eigenvalue weighted by Crippen LogP contribution is 2.24. The molecule has 1 N–H and O–H groups in total. The van der Waals surface area contributed by atoms with E-state index in [0.717, 1.165) is 19.3 Å². The maximum atomic E-state index is 12.1. The Balaban J connectivity index is 2.09. The zero-order valence-electron chi connectivity index (χ0n) is 10.2. The number of rotatable bonds is 1. The summed E-state index contributed by atoms with van der Waals surface area (Å²) in [6, 6.07) is 6.35. The van der Waals surface area contributed by atoms with Gasteiger partial charge in [-0.05, 0) is 37.5 Å². The van der Waals surface area contributed by atoms with Gasteiger partial charge in [-0.2, -0.15) is 5.26 Å². The van der Waals surface area contributed by atoms with Crippen molar-refractivity contribution in [2.45, 2.75) is 25.3 Å². The van der Waals surface area contributed by atoms with Crippen molar-refractivity contribution in [3.63, 3.8) is 0 Å². The molecule has 1 aliphatic rings. The molecule has 1 aliphatic heterocycles. The van der Waals surface area contributed by atoms with E-state index >= 15 is 0 Å².